The Labute approximate surface area is 100 Å². The average molecular weight is 241 g/mol. The molecule has 0 unspecified atom stereocenters. The Balaban J connectivity index is 1.48. The number of thiazole rings is 1. The monoisotopic (exact) mass is 241 g/mol. The first-order valence-electron chi connectivity index (χ1n) is 5.85. The summed E-state index contributed by atoms with van der Waals surface area (Å²) in [6, 6.07) is 0. The summed E-state index contributed by atoms with van der Waals surface area (Å²) in [5.41, 5.74) is 1.86. The maximum atomic E-state index is 5.79. The summed E-state index contributed by atoms with van der Waals surface area (Å²) >= 11 is 1.69. The first-order valence-corrected chi connectivity index (χ1v) is 6.73. The molecule has 0 saturated carbocycles. The second-order valence-corrected chi connectivity index (χ2v) is 4.94. The summed E-state index contributed by atoms with van der Waals surface area (Å²) in [7, 11) is 0. The van der Waals surface area contributed by atoms with E-state index in [0.717, 1.165) is 45.6 Å². The normalized spacial score (nSPS) is 17.8. The molecule has 16 heavy (non-hydrogen) atoms. The standard InChI is InChI=1S/C11H19N3OS/c1-3-12-4-2-10(1)15-6-5-13-7-11-8-14-9-16-11/h8-10,12-13H,1-7H2. The van der Waals surface area contributed by atoms with Gasteiger partial charge < -0.3 is 15.4 Å². The van der Waals surface area contributed by atoms with Gasteiger partial charge in [-0.05, 0) is 25.9 Å². The van der Waals surface area contributed by atoms with Gasteiger partial charge in [-0.25, -0.2) is 0 Å². The molecule has 90 valence electrons. The minimum Gasteiger partial charge on any atom is -0.377 e. The molecule has 1 aromatic heterocycles. The maximum Gasteiger partial charge on any atom is 0.0794 e. The lowest BCUT2D eigenvalue weighted by Gasteiger charge is -2.22. The van der Waals surface area contributed by atoms with Crippen LogP contribution in [0.2, 0.25) is 0 Å². The quantitative estimate of drug-likeness (QED) is 0.730. The predicted molar refractivity (Wildman–Crippen MR) is 65.7 cm³/mol. The van der Waals surface area contributed by atoms with Gasteiger partial charge in [0.05, 0.1) is 18.2 Å². The molecular weight excluding hydrogens is 222 g/mol. The number of hydrogen-bond donors (Lipinski definition) is 2. The fourth-order valence-corrected chi connectivity index (χ4v) is 2.37. The number of nitrogens with zero attached hydrogens (tertiary/aromatic N) is 1. The van der Waals surface area contributed by atoms with Gasteiger partial charge in [-0.2, -0.15) is 0 Å². The lowest BCUT2D eigenvalue weighted by molar-refractivity contribution is 0.0348. The highest BCUT2D eigenvalue weighted by molar-refractivity contribution is 7.09. The van der Waals surface area contributed by atoms with Crippen LogP contribution >= 0.6 is 11.3 Å². The lowest BCUT2D eigenvalue weighted by atomic mass is 10.1. The number of piperidine rings is 1. The number of hydrogen-bond acceptors (Lipinski definition) is 5. The Morgan fingerprint density at radius 2 is 2.38 bits per heavy atom. The van der Waals surface area contributed by atoms with Gasteiger partial charge in [-0.15, -0.1) is 11.3 Å². The van der Waals surface area contributed by atoms with Crippen molar-refractivity contribution in [2.75, 3.05) is 26.2 Å². The van der Waals surface area contributed by atoms with Gasteiger partial charge in [-0.1, -0.05) is 0 Å². The summed E-state index contributed by atoms with van der Waals surface area (Å²) in [6.45, 7) is 4.82. The highest BCUT2D eigenvalue weighted by atomic mass is 32.1. The molecule has 0 aliphatic carbocycles. The fourth-order valence-electron chi connectivity index (χ4n) is 1.80. The van der Waals surface area contributed by atoms with Gasteiger partial charge >= 0.3 is 0 Å². The second-order valence-electron chi connectivity index (χ2n) is 3.96. The van der Waals surface area contributed by atoms with Crippen LogP contribution in [-0.2, 0) is 11.3 Å². The van der Waals surface area contributed by atoms with Crippen LogP contribution in [0.25, 0.3) is 0 Å². The van der Waals surface area contributed by atoms with Crippen LogP contribution in [0.1, 0.15) is 17.7 Å². The molecule has 0 aromatic carbocycles. The third kappa shape index (κ3) is 4.17. The van der Waals surface area contributed by atoms with E-state index in [1.807, 2.05) is 11.7 Å². The van der Waals surface area contributed by atoms with Crippen molar-refractivity contribution in [3.63, 3.8) is 0 Å². The van der Waals surface area contributed by atoms with Gasteiger partial charge in [0.15, 0.2) is 0 Å². The average Bonchev–Trinajstić information content (AvgIpc) is 2.83. The smallest absolute Gasteiger partial charge is 0.0794 e. The zero-order valence-corrected chi connectivity index (χ0v) is 10.3. The topological polar surface area (TPSA) is 46.2 Å². The molecule has 2 heterocycles. The third-order valence-electron chi connectivity index (χ3n) is 2.70. The molecular formula is C11H19N3OS. The summed E-state index contributed by atoms with van der Waals surface area (Å²) in [4.78, 5) is 5.31. The zero-order chi connectivity index (χ0) is 11.1. The Bertz CT molecular complexity index is 273. The largest absolute Gasteiger partial charge is 0.377 e. The van der Waals surface area contributed by atoms with Crippen molar-refractivity contribution >= 4 is 11.3 Å². The van der Waals surface area contributed by atoms with Gasteiger partial charge in [0.2, 0.25) is 0 Å². The molecule has 2 rings (SSSR count). The second kappa shape index (κ2) is 6.96. The van der Waals surface area contributed by atoms with Crippen LogP contribution in [0.15, 0.2) is 11.7 Å². The van der Waals surface area contributed by atoms with E-state index in [1.165, 1.54) is 4.88 Å². The van der Waals surface area contributed by atoms with E-state index in [-0.39, 0.29) is 0 Å². The van der Waals surface area contributed by atoms with Crippen molar-refractivity contribution in [1.82, 2.24) is 15.6 Å². The number of aromatic nitrogens is 1. The first-order chi connectivity index (χ1) is 7.95. The van der Waals surface area contributed by atoms with Crippen molar-refractivity contribution in [2.45, 2.75) is 25.5 Å². The van der Waals surface area contributed by atoms with Crippen LogP contribution in [0.3, 0.4) is 0 Å². The first kappa shape index (κ1) is 12.0. The molecule has 2 N–H and O–H groups in total. The summed E-state index contributed by atoms with van der Waals surface area (Å²) in [5.74, 6) is 0. The van der Waals surface area contributed by atoms with Gasteiger partial charge in [-0.3, -0.25) is 4.98 Å². The maximum absolute atomic E-state index is 5.79. The molecule has 1 saturated heterocycles. The number of rotatable bonds is 6. The van der Waals surface area contributed by atoms with Gasteiger partial charge in [0, 0.05) is 24.2 Å². The highest BCUT2D eigenvalue weighted by Gasteiger charge is 2.12. The van der Waals surface area contributed by atoms with Crippen molar-refractivity contribution in [3.05, 3.63) is 16.6 Å². The van der Waals surface area contributed by atoms with E-state index >= 15 is 0 Å². The van der Waals surface area contributed by atoms with E-state index in [2.05, 4.69) is 15.6 Å². The molecule has 0 bridgehead atoms. The van der Waals surface area contributed by atoms with E-state index in [9.17, 15) is 0 Å². The number of nitrogens with one attached hydrogen (secondary N) is 2. The Morgan fingerprint density at radius 1 is 1.50 bits per heavy atom. The minimum atomic E-state index is 0.464. The van der Waals surface area contributed by atoms with E-state index in [4.69, 9.17) is 4.74 Å². The van der Waals surface area contributed by atoms with Crippen LogP contribution < -0.4 is 10.6 Å². The summed E-state index contributed by atoms with van der Waals surface area (Å²) in [6.07, 6.45) is 4.67. The summed E-state index contributed by atoms with van der Waals surface area (Å²) in [5, 5.41) is 6.69. The molecule has 0 spiro atoms. The molecule has 0 radical (unpaired) electrons. The fraction of sp³-hybridized carbons (Fsp3) is 0.727. The van der Waals surface area contributed by atoms with Crippen LogP contribution in [0.4, 0.5) is 0 Å². The summed E-state index contributed by atoms with van der Waals surface area (Å²) < 4.78 is 5.79. The van der Waals surface area contributed by atoms with E-state index in [0.29, 0.717) is 6.10 Å². The number of ether oxygens (including phenoxy) is 1. The van der Waals surface area contributed by atoms with Crippen molar-refractivity contribution in [3.8, 4) is 0 Å². The predicted octanol–water partition coefficient (Wildman–Crippen LogP) is 1.00. The molecule has 0 amide bonds. The van der Waals surface area contributed by atoms with Crippen LogP contribution in [0, 0.1) is 0 Å². The van der Waals surface area contributed by atoms with Crippen molar-refractivity contribution < 1.29 is 4.74 Å². The SMILES string of the molecule is c1ncc(CNCCOC2CCNCC2)s1. The highest BCUT2D eigenvalue weighted by Crippen LogP contribution is 2.06. The minimum absolute atomic E-state index is 0.464. The zero-order valence-electron chi connectivity index (χ0n) is 9.45. The van der Waals surface area contributed by atoms with E-state index < -0.39 is 0 Å². The Hall–Kier alpha value is -0.490. The molecule has 4 nitrogen and oxygen atoms in total. The van der Waals surface area contributed by atoms with Gasteiger partial charge in [0.25, 0.3) is 0 Å². The van der Waals surface area contributed by atoms with Gasteiger partial charge in [0.1, 0.15) is 0 Å². The molecule has 1 fully saturated rings. The molecule has 0 atom stereocenters. The molecule has 1 aliphatic heterocycles. The molecule has 1 aliphatic rings. The van der Waals surface area contributed by atoms with Crippen molar-refractivity contribution in [1.29, 1.82) is 0 Å². The van der Waals surface area contributed by atoms with Crippen molar-refractivity contribution in [2.24, 2.45) is 0 Å². The lowest BCUT2D eigenvalue weighted by Crippen LogP contribution is -2.33. The molecule has 1 aromatic rings. The third-order valence-corrected chi connectivity index (χ3v) is 3.48. The van der Waals surface area contributed by atoms with E-state index in [1.54, 1.807) is 11.3 Å². The Morgan fingerprint density at radius 3 is 3.12 bits per heavy atom. The molecule has 5 heteroatoms. The Kier molecular flexibility index (Phi) is 5.21. The van der Waals surface area contributed by atoms with Crippen LogP contribution in [-0.4, -0.2) is 37.3 Å². The van der Waals surface area contributed by atoms with Crippen LogP contribution in [0.5, 0.6) is 0 Å².